The van der Waals surface area contributed by atoms with Crippen molar-refractivity contribution in [3.05, 3.63) is 0 Å². The minimum absolute atomic E-state index is 2.64. The summed E-state index contributed by atoms with van der Waals surface area (Å²) in [6.45, 7) is 0. The standard InChI is InChI=1S/BH2N3/c1-3-4-2/h(H2,2,3). The highest BCUT2D eigenvalue weighted by Crippen LogP contribution is 1.39. The largest absolute Gasteiger partial charge is 0.306 e. The summed E-state index contributed by atoms with van der Waals surface area (Å²) in [7, 11) is 4.36. The molecule has 0 aliphatic rings. The zero-order chi connectivity index (χ0) is 3.41. The van der Waals surface area contributed by atoms with E-state index in [0.29, 0.717) is 0 Å². The lowest BCUT2D eigenvalue weighted by molar-refractivity contribution is 1.11. The highest BCUT2D eigenvalue weighted by Gasteiger charge is 1.33. The molecule has 0 unspecified atom stereocenters. The molecule has 0 rings (SSSR count). The summed E-state index contributed by atoms with van der Waals surface area (Å²) in [5.41, 5.74) is 0. The van der Waals surface area contributed by atoms with Crippen LogP contribution in [0.5, 0.6) is 0 Å². The highest BCUT2D eigenvalue weighted by atomic mass is 15.3. The van der Waals surface area contributed by atoms with Crippen molar-refractivity contribution in [3.8, 4) is 0 Å². The van der Waals surface area contributed by atoms with Gasteiger partial charge in [0.25, 0.3) is 7.98 Å². The van der Waals surface area contributed by atoms with Gasteiger partial charge in [0, 0.05) is 0 Å². The quantitative estimate of drug-likeness (QED) is 0.171. The van der Waals surface area contributed by atoms with Gasteiger partial charge < -0.3 is 5.84 Å². The lowest BCUT2D eigenvalue weighted by atomic mass is 10.5. The van der Waals surface area contributed by atoms with Crippen molar-refractivity contribution in [2.75, 3.05) is 0 Å². The average molecular weight is 54.8 g/mol. The fourth-order valence-corrected chi connectivity index (χ4v) is 0. The van der Waals surface area contributed by atoms with E-state index in [1.54, 1.807) is 0 Å². The molecular formula is H2BN3. The monoisotopic (exact) mass is 55.0 g/mol. The molecule has 0 atom stereocenters. The van der Waals surface area contributed by atoms with Crippen LogP contribution >= 0.6 is 0 Å². The van der Waals surface area contributed by atoms with Gasteiger partial charge in [0.15, 0.2) is 0 Å². The second-order valence-electron chi connectivity index (χ2n) is 0.231. The fourth-order valence-electron chi connectivity index (χ4n) is 0. The Morgan fingerprint density at radius 3 is 2.00 bits per heavy atom. The highest BCUT2D eigenvalue weighted by molar-refractivity contribution is 6.04. The summed E-state index contributed by atoms with van der Waals surface area (Å²) in [5, 5.41) is 5.28. The van der Waals surface area contributed by atoms with Crippen LogP contribution in [0.1, 0.15) is 0 Å². The zero-order valence-corrected chi connectivity index (χ0v) is 2.05. The fraction of sp³-hybridized carbons (Fsp3) is 0. The Labute approximate surface area is 25.3 Å². The van der Waals surface area contributed by atoms with E-state index >= 15 is 0 Å². The summed E-state index contributed by atoms with van der Waals surface area (Å²) < 4.78 is 0. The first-order valence-electron chi connectivity index (χ1n) is 0.716. The topological polar surface area (TPSA) is 50.7 Å². The number of hydrogen-bond acceptors (Lipinski definition) is 2. The van der Waals surface area contributed by atoms with Crippen LogP contribution in [0.2, 0.25) is 0 Å². The van der Waals surface area contributed by atoms with Crippen LogP contribution in [0.15, 0.2) is 10.2 Å². The Hall–Kier alpha value is -0.535. The Kier molecular flexibility index (Phi) is 2.14. The first-order valence-corrected chi connectivity index (χ1v) is 0.716. The minimum Gasteiger partial charge on any atom is -0.306 e. The smallest absolute Gasteiger partial charge is 0.295 e. The summed E-state index contributed by atoms with van der Waals surface area (Å²) in [4.78, 5) is 0. The van der Waals surface area contributed by atoms with Crippen LogP contribution in [0.3, 0.4) is 0 Å². The molecule has 2 radical (unpaired) electrons. The van der Waals surface area contributed by atoms with Gasteiger partial charge in [-0.1, -0.05) is 5.22 Å². The lowest BCUT2D eigenvalue weighted by Gasteiger charge is -1.55. The third-order valence-electron chi connectivity index (χ3n) is 0.0667. The maximum atomic E-state index is 4.36. The van der Waals surface area contributed by atoms with Gasteiger partial charge in [0.05, 0.1) is 0 Å². The molecule has 20 valence electrons. The van der Waals surface area contributed by atoms with Crippen LogP contribution in [0.25, 0.3) is 0 Å². The molecule has 0 heterocycles. The van der Waals surface area contributed by atoms with Gasteiger partial charge >= 0.3 is 0 Å². The van der Waals surface area contributed by atoms with E-state index in [2.05, 4.69) is 24.1 Å². The molecule has 0 spiro atoms. The van der Waals surface area contributed by atoms with E-state index in [1.165, 1.54) is 0 Å². The molecule has 0 saturated carbocycles. The van der Waals surface area contributed by atoms with Crippen LogP contribution in [0, 0.1) is 0 Å². The molecule has 0 saturated heterocycles. The van der Waals surface area contributed by atoms with Crippen LogP contribution in [0.4, 0.5) is 0 Å². The molecule has 4 heteroatoms. The number of nitrogens with two attached hydrogens (primary N) is 1. The Morgan fingerprint density at radius 2 is 2.00 bits per heavy atom. The molecule has 4 heavy (non-hydrogen) atoms. The van der Waals surface area contributed by atoms with Crippen molar-refractivity contribution >= 4 is 7.98 Å². The number of rotatable bonds is 0. The molecular weight excluding hydrogens is 52.8 g/mol. The molecule has 0 aliphatic carbocycles. The number of hydrogen-bond donors (Lipinski definition) is 1. The Morgan fingerprint density at radius 1 is 1.75 bits per heavy atom. The molecule has 0 amide bonds. The first kappa shape index (κ1) is 3.46. The molecule has 0 fully saturated rings. The second kappa shape index (κ2) is 2.46. The molecule has 0 aliphatic heterocycles. The molecule has 0 bridgehead atoms. The maximum absolute atomic E-state index is 4.36. The maximum Gasteiger partial charge on any atom is 0.295 e. The predicted molar refractivity (Wildman–Crippen MR) is 14.8 cm³/mol. The summed E-state index contributed by atoms with van der Waals surface area (Å²) in [6, 6.07) is 0. The van der Waals surface area contributed by atoms with Crippen molar-refractivity contribution in [2.45, 2.75) is 0 Å². The summed E-state index contributed by atoms with van der Waals surface area (Å²) >= 11 is 0. The van der Waals surface area contributed by atoms with Crippen LogP contribution in [-0.2, 0) is 0 Å². The van der Waals surface area contributed by atoms with Gasteiger partial charge in [-0.15, -0.1) is 0 Å². The van der Waals surface area contributed by atoms with Gasteiger partial charge in [-0.05, 0) is 0 Å². The van der Waals surface area contributed by atoms with Gasteiger partial charge in [-0.2, -0.15) is 0 Å². The van der Waals surface area contributed by atoms with Crippen molar-refractivity contribution < 1.29 is 0 Å². The van der Waals surface area contributed by atoms with Crippen molar-refractivity contribution in [3.63, 3.8) is 0 Å². The van der Waals surface area contributed by atoms with E-state index in [4.69, 9.17) is 0 Å². The number of nitrogens with zero attached hydrogens (tertiary/aromatic N) is 2. The zero-order valence-electron chi connectivity index (χ0n) is 2.05. The molecule has 0 aromatic heterocycles. The van der Waals surface area contributed by atoms with Crippen LogP contribution < -0.4 is 5.84 Å². The second-order valence-corrected chi connectivity index (χ2v) is 0.231. The lowest BCUT2D eigenvalue weighted by Crippen LogP contribution is -1.71. The molecule has 3 nitrogen and oxygen atoms in total. The molecule has 0 aromatic carbocycles. The Bertz CT molecular complexity index is 18.5. The van der Waals surface area contributed by atoms with Gasteiger partial charge in [-0.3, -0.25) is 5.03 Å². The van der Waals surface area contributed by atoms with E-state index in [-0.39, 0.29) is 0 Å². The normalized spacial score (nSPS) is 9.00. The molecule has 0 aromatic rings. The third kappa shape index (κ3) is 1.46. The van der Waals surface area contributed by atoms with E-state index < -0.39 is 0 Å². The molecule has 2 N–H and O–H groups in total. The van der Waals surface area contributed by atoms with Gasteiger partial charge in [0.1, 0.15) is 0 Å². The van der Waals surface area contributed by atoms with Gasteiger partial charge in [0.2, 0.25) is 0 Å². The average Bonchev–Trinajstić information content (AvgIpc) is 1.37. The minimum atomic E-state index is 2.64. The summed E-state index contributed by atoms with van der Waals surface area (Å²) in [5.74, 6) is 4.36. The summed E-state index contributed by atoms with van der Waals surface area (Å²) in [6.07, 6.45) is 0. The van der Waals surface area contributed by atoms with Crippen molar-refractivity contribution in [2.24, 2.45) is 16.1 Å². The predicted octanol–water partition coefficient (Wildman–Crippen LogP) is -0.604. The van der Waals surface area contributed by atoms with Crippen molar-refractivity contribution in [1.29, 1.82) is 0 Å². The van der Waals surface area contributed by atoms with Crippen molar-refractivity contribution in [1.82, 2.24) is 0 Å². The third-order valence-corrected chi connectivity index (χ3v) is 0.0667. The van der Waals surface area contributed by atoms with E-state index in [1.807, 2.05) is 0 Å². The van der Waals surface area contributed by atoms with E-state index in [9.17, 15) is 0 Å². The first-order chi connectivity index (χ1) is 1.91. The van der Waals surface area contributed by atoms with Crippen LogP contribution in [-0.4, -0.2) is 7.98 Å². The SMILES string of the molecule is [B]/N=N/N. The Balaban J connectivity index is 2.55. The van der Waals surface area contributed by atoms with E-state index in [0.717, 1.165) is 0 Å². The van der Waals surface area contributed by atoms with Gasteiger partial charge in [-0.25, -0.2) is 0 Å².